The van der Waals surface area contributed by atoms with Crippen LogP contribution in [0.2, 0.25) is 0 Å². The first-order valence-electron chi connectivity index (χ1n) is 6.82. The number of rotatable bonds is 3. The minimum atomic E-state index is -0.690. The van der Waals surface area contributed by atoms with Gasteiger partial charge >= 0.3 is 6.03 Å². The molecule has 1 atom stereocenters. The molecule has 2 rings (SSSR count). The van der Waals surface area contributed by atoms with Crippen molar-refractivity contribution in [2.45, 2.75) is 38.1 Å². The van der Waals surface area contributed by atoms with Crippen LogP contribution in [0.3, 0.4) is 0 Å². The lowest BCUT2D eigenvalue weighted by molar-refractivity contribution is -0.121. The summed E-state index contributed by atoms with van der Waals surface area (Å²) >= 11 is 0. The van der Waals surface area contributed by atoms with Gasteiger partial charge in [0.2, 0.25) is 5.91 Å². The van der Waals surface area contributed by atoms with Crippen LogP contribution in [0.25, 0.3) is 0 Å². The molecule has 1 aliphatic carbocycles. The van der Waals surface area contributed by atoms with Gasteiger partial charge in [0.1, 0.15) is 0 Å². The van der Waals surface area contributed by atoms with Crippen molar-refractivity contribution in [3.05, 3.63) is 35.4 Å². The summed E-state index contributed by atoms with van der Waals surface area (Å²) in [5.41, 5.74) is 7.52. The zero-order chi connectivity index (χ0) is 14.8. The van der Waals surface area contributed by atoms with Crippen LogP contribution in [0, 0.1) is 0 Å². The Labute approximate surface area is 118 Å². The van der Waals surface area contributed by atoms with Crippen molar-refractivity contribution < 1.29 is 9.59 Å². The molecular weight excluding hydrogens is 254 g/mol. The van der Waals surface area contributed by atoms with Crippen LogP contribution in [0.1, 0.15) is 43.9 Å². The van der Waals surface area contributed by atoms with Gasteiger partial charge in [0.25, 0.3) is 0 Å². The molecule has 0 aliphatic heterocycles. The van der Waals surface area contributed by atoms with Crippen LogP contribution in [-0.4, -0.2) is 18.5 Å². The van der Waals surface area contributed by atoms with Crippen molar-refractivity contribution in [2.24, 2.45) is 5.73 Å². The maximum atomic E-state index is 11.8. The predicted octanol–water partition coefficient (Wildman–Crippen LogP) is 1.58. The van der Waals surface area contributed by atoms with Gasteiger partial charge in [-0.15, -0.1) is 0 Å². The van der Waals surface area contributed by atoms with E-state index < -0.39 is 6.03 Å². The summed E-state index contributed by atoms with van der Waals surface area (Å²) < 4.78 is 0. The second-order valence-electron chi connectivity index (χ2n) is 5.85. The zero-order valence-electron chi connectivity index (χ0n) is 11.9. The van der Waals surface area contributed by atoms with E-state index >= 15 is 0 Å². The van der Waals surface area contributed by atoms with Gasteiger partial charge in [-0.2, -0.15) is 0 Å². The van der Waals surface area contributed by atoms with Crippen molar-refractivity contribution in [1.29, 1.82) is 0 Å². The first-order valence-corrected chi connectivity index (χ1v) is 6.82. The van der Waals surface area contributed by atoms with E-state index in [1.807, 2.05) is 12.1 Å². The van der Waals surface area contributed by atoms with Crippen LogP contribution in [0.4, 0.5) is 4.79 Å². The Morgan fingerprint density at radius 3 is 2.75 bits per heavy atom. The van der Waals surface area contributed by atoms with Crippen molar-refractivity contribution in [1.82, 2.24) is 10.6 Å². The summed E-state index contributed by atoms with van der Waals surface area (Å²) in [6.07, 6.45) is 1.91. The summed E-state index contributed by atoms with van der Waals surface area (Å²) in [7, 11) is 0. The van der Waals surface area contributed by atoms with E-state index in [0.29, 0.717) is 0 Å². The number of nitrogens with one attached hydrogen (secondary N) is 2. The Balaban J connectivity index is 2.11. The molecule has 5 nitrogen and oxygen atoms in total. The molecule has 1 aliphatic rings. The zero-order valence-corrected chi connectivity index (χ0v) is 11.9. The Kier molecular flexibility index (Phi) is 3.97. The fourth-order valence-corrected chi connectivity index (χ4v) is 2.78. The molecule has 0 saturated carbocycles. The van der Waals surface area contributed by atoms with Gasteiger partial charge in [0.05, 0.1) is 12.6 Å². The number of hydrogen-bond acceptors (Lipinski definition) is 2. The standard InChI is InChI=1S/C15H21N3O2/c1-15(2)8-7-12(10-5-3-4-6-11(10)15)18-13(19)9-17-14(16)20/h3-6,12H,7-9H2,1-2H3,(H,18,19)(H3,16,17,20). The number of benzene rings is 1. The largest absolute Gasteiger partial charge is 0.352 e. The monoisotopic (exact) mass is 275 g/mol. The van der Waals surface area contributed by atoms with Crippen molar-refractivity contribution in [3.8, 4) is 0 Å². The van der Waals surface area contributed by atoms with Crippen molar-refractivity contribution >= 4 is 11.9 Å². The average Bonchev–Trinajstić information content (AvgIpc) is 2.40. The topological polar surface area (TPSA) is 84.2 Å². The van der Waals surface area contributed by atoms with Gasteiger partial charge in [-0.25, -0.2) is 4.79 Å². The molecule has 1 aromatic carbocycles. The van der Waals surface area contributed by atoms with Gasteiger partial charge in [-0.3, -0.25) is 4.79 Å². The number of carbonyl (C=O) groups excluding carboxylic acids is 2. The minimum Gasteiger partial charge on any atom is -0.352 e. The third-order valence-corrected chi connectivity index (χ3v) is 3.88. The highest BCUT2D eigenvalue weighted by Crippen LogP contribution is 2.41. The molecule has 5 heteroatoms. The quantitative estimate of drug-likeness (QED) is 0.782. The Hall–Kier alpha value is -2.04. The van der Waals surface area contributed by atoms with E-state index in [-0.39, 0.29) is 23.9 Å². The highest BCUT2D eigenvalue weighted by atomic mass is 16.2. The summed E-state index contributed by atoms with van der Waals surface area (Å²) in [6, 6.07) is 7.50. The number of nitrogens with two attached hydrogens (primary N) is 1. The molecule has 0 aromatic heterocycles. The summed E-state index contributed by atoms with van der Waals surface area (Å²) in [6.45, 7) is 4.36. The lowest BCUT2D eigenvalue weighted by atomic mass is 9.71. The molecule has 1 aromatic rings. The molecule has 0 heterocycles. The number of fused-ring (bicyclic) bond motifs is 1. The fraction of sp³-hybridized carbons (Fsp3) is 0.467. The maximum Gasteiger partial charge on any atom is 0.312 e. The van der Waals surface area contributed by atoms with Gasteiger partial charge in [0, 0.05) is 0 Å². The van der Waals surface area contributed by atoms with E-state index in [2.05, 4.69) is 36.6 Å². The Morgan fingerprint density at radius 1 is 1.35 bits per heavy atom. The van der Waals surface area contributed by atoms with Gasteiger partial charge < -0.3 is 16.4 Å². The molecule has 0 radical (unpaired) electrons. The van der Waals surface area contributed by atoms with E-state index in [4.69, 9.17) is 5.73 Å². The highest BCUT2D eigenvalue weighted by Gasteiger charge is 2.32. The Morgan fingerprint density at radius 2 is 2.05 bits per heavy atom. The molecular formula is C15H21N3O2. The normalized spacial score (nSPS) is 19.8. The molecule has 20 heavy (non-hydrogen) atoms. The maximum absolute atomic E-state index is 11.8. The van der Waals surface area contributed by atoms with Crippen LogP contribution < -0.4 is 16.4 Å². The van der Waals surface area contributed by atoms with Gasteiger partial charge in [-0.1, -0.05) is 38.1 Å². The number of hydrogen-bond donors (Lipinski definition) is 3. The second-order valence-corrected chi connectivity index (χ2v) is 5.85. The van der Waals surface area contributed by atoms with E-state index in [1.54, 1.807) is 0 Å². The molecule has 0 saturated heterocycles. The first-order chi connectivity index (χ1) is 9.40. The molecule has 108 valence electrons. The average molecular weight is 275 g/mol. The molecule has 0 bridgehead atoms. The second kappa shape index (κ2) is 5.53. The smallest absolute Gasteiger partial charge is 0.312 e. The third kappa shape index (κ3) is 3.10. The number of carbonyl (C=O) groups is 2. The lowest BCUT2D eigenvalue weighted by Gasteiger charge is -2.37. The molecule has 4 N–H and O–H groups in total. The van der Waals surface area contributed by atoms with Crippen molar-refractivity contribution in [3.63, 3.8) is 0 Å². The summed E-state index contributed by atoms with van der Waals surface area (Å²) in [4.78, 5) is 22.4. The molecule has 3 amide bonds. The van der Waals surface area contributed by atoms with Crippen molar-refractivity contribution in [2.75, 3.05) is 6.54 Å². The minimum absolute atomic E-state index is 0.00130. The molecule has 0 fully saturated rings. The predicted molar refractivity (Wildman–Crippen MR) is 77.2 cm³/mol. The third-order valence-electron chi connectivity index (χ3n) is 3.88. The van der Waals surface area contributed by atoms with Crippen LogP contribution >= 0.6 is 0 Å². The van der Waals surface area contributed by atoms with E-state index in [0.717, 1.165) is 18.4 Å². The molecule has 0 spiro atoms. The number of urea groups is 1. The van der Waals surface area contributed by atoms with Gasteiger partial charge in [-0.05, 0) is 29.4 Å². The summed E-state index contributed by atoms with van der Waals surface area (Å²) in [5.74, 6) is -0.219. The Bertz CT molecular complexity index is 526. The lowest BCUT2D eigenvalue weighted by Crippen LogP contribution is -2.42. The number of primary amides is 1. The van der Waals surface area contributed by atoms with Crippen LogP contribution in [0.5, 0.6) is 0 Å². The van der Waals surface area contributed by atoms with E-state index in [1.165, 1.54) is 5.56 Å². The number of amides is 3. The highest BCUT2D eigenvalue weighted by molar-refractivity contribution is 5.83. The van der Waals surface area contributed by atoms with Crippen LogP contribution in [0.15, 0.2) is 24.3 Å². The SMILES string of the molecule is CC1(C)CCC(NC(=O)CNC(N)=O)c2ccccc21. The summed E-state index contributed by atoms with van der Waals surface area (Å²) in [5, 5.41) is 5.26. The van der Waals surface area contributed by atoms with E-state index in [9.17, 15) is 9.59 Å². The molecule has 1 unspecified atom stereocenters. The van der Waals surface area contributed by atoms with Crippen LogP contribution in [-0.2, 0) is 10.2 Å². The van der Waals surface area contributed by atoms with Gasteiger partial charge in [0.15, 0.2) is 0 Å². The fourth-order valence-electron chi connectivity index (χ4n) is 2.78. The first kappa shape index (κ1) is 14.4.